The Kier molecular flexibility index (Phi) is 3.28. The SMILES string of the molecule is O=C1NC(=O)N(c2ccccc2SC(F)F)C1=O. The lowest BCUT2D eigenvalue weighted by molar-refractivity contribution is -0.134. The number of halogens is 2. The Morgan fingerprint density at radius 1 is 1.17 bits per heavy atom. The van der Waals surface area contributed by atoms with Crippen LogP contribution < -0.4 is 10.2 Å². The molecule has 0 aliphatic carbocycles. The smallest absolute Gasteiger partial charge is 0.269 e. The van der Waals surface area contributed by atoms with Gasteiger partial charge in [0.1, 0.15) is 0 Å². The molecule has 1 aliphatic heterocycles. The van der Waals surface area contributed by atoms with Gasteiger partial charge in [-0.2, -0.15) is 8.78 Å². The monoisotopic (exact) mass is 272 g/mol. The lowest BCUT2D eigenvalue weighted by Crippen LogP contribution is -2.31. The van der Waals surface area contributed by atoms with Crippen LogP contribution in [-0.2, 0) is 9.59 Å². The van der Waals surface area contributed by atoms with E-state index >= 15 is 0 Å². The van der Waals surface area contributed by atoms with E-state index in [9.17, 15) is 23.2 Å². The number of rotatable bonds is 3. The van der Waals surface area contributed by atoms with Crippen LogP contribution in [0, 0.1) is 0 Å². The van der Waals surface area contributed by atoms with Gasteiger partial charge in [-0.05, 0) is 12.1 Å². The van der Waals surface area contributed by atoms with Crippen LogP contribution in [0.25, 0.3) is 0 Å². The quantitative estimate of drug-likeness (QED) is 0.515. The van der Waals surface area contributed by atoms with Crippen molar-refractivity contribution in [2.24, 2.45) is 0 Å². The van der Waals surface area contributed by atoms with Crippen molar-refractivity contribution in [3.63, 3.8) is 0 Å². The number of nitrogens with zero attached hydrogens (tertiary/aromatic N) is 1. The molecule has 4 amide bonds. The summed E-state index contributed by atoms with van der Waals surface area (Å²) in [5.74, 6) is -4.85. The van der Waals surface area contributed by atoms with Crippen molar-refractivity contribution in [3.8, 4) is 0 Å². The number of carbonyl (C=O) groups excluding carboxylic acids is 3. The molecule has 1 aliphatic rings. The van der Waals surface area contributed by atoms with Crippen molar-refractivity contribution in [1.29, 1.82) is 0 Å². The minimum absolute atomic E-state index is 0.0313. The summed E-state index contributed by atoms with van der Waals surface area (Å²) in [5, 5.41) is 1.80. The first kappa shape index (κ1) is 12.5. The zero-order valence-corrected chi connectivity index (χ0v) is 9.54. The van der Waals surface area contributed by atoms with E-state index in [1.165, 1.54) is 24.3 Å². The van der Waals surface area contributed by atoms with Crippen molar-refractivity contribution in [1.82, 2.24) is 5.32 Å². The van der Waals surface area contributed by atoms with E-state index in [0.717, 1.165) is 0 Å². The van der Waals surface area contributed by atoms with Gasteiger partial charge < -0.3 is 0 Å². The topological polar surface area (TPSA) is 66.5 Å². The largest absolute Gasteiger partial charge is 0.336 e. The fourth-order valence-corrected chi connectivity index (χ4v) is 2.09. The van der Waals surface area contributed by atoms with E-state index in [1.807, 2.05) is 0 Å². The Balaban J connectivity index is 2.42. The van der Waals surface area contributed by atoms with Gasteiger partial charge in [0, 0.05) is 4.90 Å². The number of hydrogen-bond donors (Lipinski definition) is 1. The Labute approximate surface area is 104 Å². The van der Waals surface area contributed by atoms with Crippen LogP contribution in [0.2, 0.25) is 0 Å². The molecule has 0 aromatic heterocycles. The molecule has 1 heterocycles. The van der Waals surface area contributed by atoms with E-state index in [-0.39, 0.29) is 22.3 Å². The van der Waals surface area contributed by atoms with E-state index in [4.69, 9.17) is 0 Å². The molecule has 0 spiro atoms. The molecule has 1 fully saturated rings. The predicted octanol–water partition coefficient (Wildman–Crippen LogP) is 1.58. The number of para-hydroxylation sites is 1. The predicted molar refractivity (Wildman–Crippen MR) is 59.3 cm³/mol. The molecule has 18 heavy (non-hydrogen) atoms. The van der Waals surface area contributed by atoms with Gasteiger partial charge in [-0.15, -0.1) is 0 Å². The number of thioether (sulfide) groups is 1. The fourth-order valence-electron chi connectivity index (χ4n) is 1.46. The zero-order valence-electron chi connectivity index (χ0n) is 8.72. The number of benzene rings is 1. The van der Waals surface area contributed by atoms with Gasteiger partial charge >= 0.3 is 17.8 Å². The molecule has 0 unspecified atom stereocenters. The van der Waals surface area contributed by atoms with Crippen LogP contribution in [0.1, 0.15) is 0 Å². The molecule has 1 aromatic carbocycles. The standard InChI is InChI=1S/C10H6F2N2O3S/c11-9(12)18-6-4-2-1-3-5(6)14-8(16)7(15)13-10(14)17/h1-4,9H,(H,13,15,17). The molecular formula is C10H6F2N2O3S. The highest BCUT2D eigenvalue weighted by Gasteiger charge is 2.39. The minimum atomic E-state index is -2.69. The molecule has 2 rings (SSSR count). The summed E-state index contributed by atoms with van der Waals surface area (Å²) in [6, 6.07) is 4.70. The highest BCUT2D eigenvalue weighted by molar-refractivity contribution is 7.99. The van der Waals surface area contributed by atoms with Crippen LogP contribution in [0.5, 0.6) is 0 Å². The second kappa shape index (κ2) is 4.73. The molecule has 1 N–H and O–H groups in total. The van der Waals surface area contributed by atoms with Crippen LogP contribution in [0.15, 0.2) is 29.2 Å². The van der Waals surface area contributed by atoms with Gasteiger partial charge in [-0.3, -0.25) is 14.9 Å². The summed E-state index contributed by atoms with van der Waals surface area (Å²) in [5.41, 5.74) is -0.0313. The lowest BCUT2D eigenvalue weighted by atomic mass is 10.3. The fraction of sp³-hybridized carbons (Fsp3) is 0.100. The first-order chi connectivity index (χ1) is 8.50. The van der Waals surface area contributed by atoms with E-state index in [0.29, 0.717) is 4.90 Å². The number of alkyl halides is 2. The number of imide groups is 2. The molecule has 0 bridgehead atoms. The molecule has 5 nitrogen and oxygen atoms in total. The number of anilines is 1. The highest BCUT2D eigenvalue weighted by Crippen LogP contribution is 2.34. The first-order valence-corrected chi connectivity index (χ1v) is 5.62. The summed E-state index contributed by atoms with van der Waals surface area (Å²) in [7, 11) is 0. The number of amides is 4. The van der Waals surface area contributed by atoms with Crippen molar-refractivity contribution in [3.05, 3.63) is 24.3 Å². The summed E-state index contributed by atoms with van der Waals surface area (Å²) in [4.78, 5) is 34.5. The normalized spacial score (nSPS) is 15.5. The molecule has 1 saturated heterocycles. The second-order valence-electron chi connectivity index (χ2n) is 3.25. The number of hydrogen-bond acceptors (Lipinski definition) is 4. The Hall–Kier alpha value is -1.96. The number of nitrogens with one attached hydrogen (secondary N) is 1. The minimum Gasteiger partial charge on any atom is -0.269 e. The van der Waals surface area contributed by atoms with Crippen LogP contribution >= 0.6 is 11.8 Å². The maximum atomic E-state index is 12.4. The van der Waals surface area contributed by atoms with E-state index in [2.05, 4.69) is 0 Å². The molecular weight excluding hydrogens is 266 g/mol. The third kappa shape index (κ3) is 2.19. The summed E-state index contributed by atoms with van der Waals surface area (Å²) in [6.07, 6.45) is 0. The average molecular weight is 272 g/mol. The van der Waals surface area contributed by atoms with Crippen molar-refractivity contribution in [2.45, 2.75) is 10.7 Å². The Morgan fingerprint density at radius 3 is 2.39 bits per heavy atom. The maximum absolute atomic E-state index is 12.4. The molecule has 8 heteroatoms. The highest BCUT2D eigenvalue weighted by atomic mass is 32.2. The molecule has 0 atom stereocenters. The molecule has 0 radical (unpaired) electrons. The summed E-state index contributed by atoms with van der Waals surface area (Å²) < 4.78 is 24.7. The second-order valence-corrected chi connectivity index (χ2v) is 4.28. The van der Waals surface area contributed by atoms with Crippen LogP contribution in [-0.4, -0.2) is 23.6 Å². The van der Waals surface area contributed by atoms with Gasteiger partial charge in [0.15, 0.2) is 0 Å². The molecule has 94 valence electrons. The van der Waals surface area contributed by atoms with E-state index in [1.54, 1.807) is 5.32 Å². The molecule has 1 aromatic rings. The maximum Gasteiger partial charge on any atom is 0.336 e. The van der Waals surface area contributed by atoms with Gasteiger partial charge in [0.25, 0.3) is 5.76 Å². The van der Waals surface area contributed by atoms with Crippen molar-refractivity contribution >= 4 is 35.3 Å². The number of carbonyl (C=O) groups is 3. The lowest BCUT2D eigenvalue weighted by Gasteiger charge is -2.15. The third-order valence-corrected chi connectivity index (χ3v) is 2.92. The van der Waals surface area contributed by atoms with Gasteiger partial charge in [0.2, 0.25) is 0 Å². The van der Waals surface area contributed by atoms with Gasteiger partial charge in [-0.1, -0.05) is 23.9 Å². The van der Waals surface area contributed by atoms with Gasteiger partial charge in [0.05, 0.1) is 5.69 Å². The third-order valence-electron chi connectivity index (χ3n) is 2.14. The Bertz CT molecular complexity index is 536. The summed E-state index contributed by atoms with van der Waals surface area (Å²) >= 11 is 0.199. The van der Waals surface area contributed by atoms with Crippen molar-refractivity contribution < 1.29 is 23.2 Å². The first-order valence-electron chi connectivity index (χ1n) is 4.74. The average Bonchev–Trinajstić information content (AvgIpc) is 2.54. The zero-order chi connectivity index (χ0) is 13.3. The van der Waals surface area contributed by atoms with Gasteiger partial charge in [-0.25, -0.2) is 9.69 Å². The molecule has 0 saturated carbocycles. The summed E-state index contributed by atoms with van der Waals surface area (Å²) in [6.45, 7) is 0. The number of urea groups is 1. The van der Waals surface area contributed by atoms with Crippen molar-refractivity contribution in [2.75, 3.05) is 4.90 Å². The van der Waals surface area contributed by atoms with E-state index < -0.39 is 23.6 Å². The van der Waals surface area contributed by atoms with Crippen LogP contribution in [0.4, 0.5) is 19.3 Å². The Morgan fingerprint density at radius 2 is 1.83 bits per heavy atom. The van der Waals surface area contributed by atoms with Crippen LogP contribution in [0.3, 0.4) is 0 Å².